The quantitative estimate of drug-likeness (QED) is 0.342. The molecule has 182 valence electrons. The monoisotopic (exact) mass is 479 g/mol. The first-order valence-electron chi connectivity index (χ1n) is 11.0. The highest BCUT2D eigenvalue weighted by Gasteiger charge is 2.19. The zero-order chi connectivity index (χ0) is 24.9. The van der Waals surface area contributed by atoms with Crippen LogP contribution in [-0.2, 0) is 0 Å². The number of rotatable bonds is 9. The number of hydrogen-bond donors (Lipinski definition) is 2. The first-order chi connectivity index (χ1) is 17.0. The fraction of sp³-hybridized carbons (Fsp3) is 0.231. The fourth-order valence-electron chi connectivity index (χ4n) is 3.81. The van der Waals surface area contributed by atoms with Gasteiger partial charge in [0.2, 0.25) is 5.75 Å². The molecule has 4 rings (SSSR count). The van der Waals surface area contributed by atoms with Crippen molar-refractivity contribution in [3.63, 3.8) is 0 Å². The van der Waals surface area contributed by atoms with Crippen LogP contribution in [0.1, 0.15) is 16.8 Å². The van der Waals surface area contributed by atoms with Gasteiger partial charge in [0.1, 0.15) is 17.1 Å². The lowest BCUT2D eigenvalue weighted by atomic mass is 10.0. The lowest BCUT2D eigenvalue weighted by Crippen LogP contribution is -2.26. The van der Waals surface area contributed by atoms with E-state index in [1.54, 1.807) is 36.5 Å². The number of furan rings is 1. The van der Waals surface area contributed by atoms with E-state index in [-0.39, 0.29) is 11.5 Å². The van der Waals surface area contributed by atoms with Gasteiger partial charge in [-0.3, -0.25) is 9.78 Å². The van der Waals surface area contributed by atoms with Gasteiger partial charge in [-0.05, 0) is 54.9 Å². The summed E-state index contributed by atoms with van der Waals surface area (Å²) in [7, 11) is 4.60. The summed E-state index contributed by atoms with van der Waals surface area (Å²) in [5, 5.41) is 2.74. The highest BCUT2D eigenvalue weighted by Crippen LogP contribution is 2.42. The third-order valence-electron chi connectivity index (χ3n) is 5.50. The first-order valence-corrected chi connectivity index (χ1v) is 11.0. The van der Waals surface area contributed by atoms with Gasteiger partial charge < -0.3 is 29.7 Å². The van der Waals surface area contributed by atoms with E-state index in [1.165, 1.54) is 33.5 Å². The number of ether oxygens (including phenoxy) is 3. The SMILES string of the molecule is COc1cc(-c2cc3nccc(-c4cc(F)cc(C(=O)NCCCN)c4)c3o2)cc(OC)c1OC. The van der Waals surface area contributed by atoms with Gasteiger partial charge >= 0.3 is 0 Å². The van der Waals surface area contributed by atoms with Gasteiger partial charge in [-0.25, -0.2) is 4.39 Å². The van der Waals surface area contributed by atoms with Crippen molar-refractivity contribution in [3.8, 4) is 39.7 Å². The van der Waals surface area contributed by atoms with E-state index >= 15 is 0 Å². The van der Waals surface area contributed by atoms with E-state index in [9.17, 15) is 9.18 Å². The molecule has 0 aliphatic heterocycles. The number of carbonyl (C=O) groups excluding carboxylic acids is 1. The minimum absolute atomic E-state index is 0.207. The topological polar surface area (TPSA) is 109 Å². The molecular weight excluding hydrogens is 453 g/mol. The van der Waals surface area contributed by atoms with Crippen LogP contribution in [0.15, 0.2) is 53.1 Å². The van der Waals surface area contributed by atoms with Crippen molar-refractivity contribution < 1.29 is 27.8 Å². The predicted octanol–water partition coefficient (Wildman–Crippen LogP) is 4.41. The lowest BCUT2D eigenvalue weighted by Gasteiger charge is -2.13. The molecular formula is C26H26FN3O5. The molecule has 0 atom stereocenters. The summed E-state index contributed by atoms with van der Waals surface area (Å²) in [6.45, 7) is 0.869. The van der Waals surface area contributed by atoms with Crippen molar-refractivity contribution in [1.29, 1.82) is 0 Å². The van der Waals surface area contributed by atoms with E-state index in [0.717, 1.165) is 0 Å². The Morgan fingerprint density at radius 3 is 2.43 bits per heavy atom. The predicted molar refractivity (Wildman–Crippen MR) is 130 cm³/mol. The van der Waals surface area contributed by atoms with Crippen molar-refractivity contribution in [3.05, 3.63) is 60.0 Å². The molecule has 0 aliphatic carbocycles. The number of benzene rings is 2. The summed E-state index contributed by atoms with van der Waals surface area (Å²) < 4.78 is 36.9. The molecule has 0 aliphatic rings. The third-order valence-corrected chi connectivity index (χ3v) is 5.50. The normalized spacial score (nSPS) is 10.9. The van der Waals surface area contributed by atoms with Crippen molar-refractivity contribution in [1.82, 2.24) is 10.3 Å². The molecule has 2 aromatic heterocycles. The van der Waals surface area contributed by atoms with Gasteiger partial charge in [0.05, 0.1) is 21.3 Å². The lowest BCUT2D eigenvalue weighted by molar-refractivity contribution is 0.0953. The molecule has 0 radical (unpaired) electrons. The Balaban J connectivity index is 1.78. The van der Waals surface area contributed by atoms with Gasteiger partial charge in [-0.1, -0.05) is 0 Å². The maximum Gasteiger partial charge on any atom is 0.251 e. The number of fused-ring (bicyclic) bond motifs is 1. The Morgan fingerprint density at radius 2 is 1.77 bits per heavy atom. The zero-order valence-corrected chi connectivity index (χ0v) is 19.7. The van der Waals surface area contributed by atoms with Crippen LogP contribution < -0.4 is 25.3 Å². The van der Waals surface area contributed by atoms with Crippen LogP contribution in [0, 0.1) is 5.82 Å². The van der Waals surface area contributed by atoms with E-state index < -0.39 is 5.82 Å². The zero-order valence-electron chi connectivity index (χ0n) is 19.7. The summed E-state index contributed by atoms with van der Waals surface area (Å²) in [4.78, 5) is 16.9. The van der Waals surface area contributed by atoms with Gasteiger partial charge in [-0.15, -0.1) is 0 Å². The molecule has 0 fully saturated rings. The van der Waals surface area contributed by atoms with Crippen molar-refractivity contribution in [2.45, 2.75) is 6.42 Å². The van der Waals surface area contributed by atoms with Crippen molar-refractivity contribution >= 4 is 17.0 Å². The van der Waals surface area contributed by atoms with E-state index in [1.807, 2.05) is 0 Å². The minimum Gasteiger partial charge on any atom is -0.493 e. The number of nitrogens with one attached hydrogen (secondary N) is 1. The molecule has 4 aromatic rings. The number of hydrogen-bond acceptors (Lipinski definition) is 7. The van der Waals surface area contributed by atoms with Crippen LogP contribution in [0.4, 0.5) is 4.39 Å². The Labute approximate surface area is 201 Å². The van der Waals surface area contributed by atoms with Gasteiger partial charge in [0, 0.05) is 35.5 Å². The summed E-state index contributed by atoms with van der Waals surface area (Å²) in [6, 6.07) is 11.2. The van der Waals surface area contributed by atoms with Crippen LogP contribution >= 0.6 is 0 Å². The molecule has 0 unspecified atom stereocenters. The highest BCUT2D eigenvalue weighted by atomic mass is 19.1. The number of nitrogens with zero attached hydrogens (tertiary/aromatic N) is 1. The number of amides is 1. The summed E-state index contributed by atoms with van der Waals surface area (Å²) in [5.74, 6) is 1.02. The van der Waals surface area contributed by atoms with Crippen molar-refractivity contribution in [2.24, 2.45) is 5.73 Å². The number of nitrogens with two attached hydrogens (primary N) is 1. The van der Waals surface area contributed by atoms with Gasteiger partial charge in [0.15, 0.2) is 17.1 Å². The average molecular weight is 480 g/mol. The number of aromatic nitrogens is 1. The molecule has 2 aromatic carbocycles. The number of methoxy groups -OCH3 is 3. The third kappa shape index (κ3) is 4.90. The van der Waals surface area contributed by atoms with Crippen LogP contribution in [0.2, 0.25) is 0 Å². The summed E-state index contributed by atoms with van der Waals surface area (Å²) in [6.07, 6.45) is 2.24. The molecule has 9 heteroatoms. The summed E-state index contributed by atoms with van der Waals surface area (Å²) in [5.41, 5.74) is 8.49. The second kappa shape index (κ2) is 10.4. The second-order valence-corrected chi connectivity index (χ2v) is 7.72. The van der Waals surface area contributed by atoms with Crippen LogP contribution in [0.25, 0.3) is 33.6 Å². The average Bonchev–Trinajstić information content (AvgIpc) is 3.32. The standard InChI is InChI=1S/C26H26FN3O5/c1-32-22-12-16(13-23(33-2)25(22)34-3)21-14-20-24(35-21)19(5-8-29-20)15-9-17(11-18(27)10-15)26(31)30-7-4-6-28/h5,8-14H,4,6-7,28H2,1-3H3,(H,30,31). The van der Waals surface area contributed by atoms with E-state index in [2.05, 4.69) is 10.3 Å². The highest BCUT2D eigenvalue weighted by molar-refractivity contribution is 5.98. The van der Waals surface area contributed by atoms with Gasteiger partial charge in [-0.2, -0.15) is 0 Å². The summed E-state index contributed by atoms with van der Waals surface area (Å²) >= 11 is 0. The van der Waals surface area contributed by atoms with Crippen molar-refractivity contribution in [2.75, 3.05) is 34.4 Å². The number of halogens is 1. The number of carbonyl (C=O) groups is 1. The van der Waals surface area contributed by atoms with Crippen LogP contribution in [0.5, 0.6) is 17.2 Å². The molecule has 0 spiro atoms. The minimum atomic E-state index is -0.534. The van der Waals surface area contributed by atoms with E-state index in [4.69, 9.17) is 24.4 Å². The molecule has 1 amide bonds. The Kier molecular flexibility index (Phi) is 7.17. The molecule has 0 saturated heterocycles. The molecule has 2 heterocycles. The second-order valence-electron chi connectivity index (χ2n) is 7.72. The fourth-order valence-corrected chi connectivity index (χ4v) is 3.81. The molecule has 8 nitrogen and oxygen atoms in total. The Hall–Kier alpha value is -4.11. The van der Waals surface area contributed by atoms with Gasteiger partial charge in [0.25, 0.3) is 5.91 Å². The molecule has 0 bridgehead atoms. The number of pyridine rings is 1. The molecule has 3 N–H and O–H groups in total. The molecule has 35 heavy (non-hydrogen) atoms. The van der Waals surface area contributed by atoms with Crippen LogP contribution in [-0.4, -0.2) is 45.3 Å². The van der Waals surface area contributed by atoms with Crippen LogP contribution in [0.3, 0.4) is 0 Å². The Morgan fingerprint density at radius 1 is 1.03 bits per heavy atom. The maximum atomic E-state index is 14.5. The largest absolute Gasteiger partial charge is 0.493 e. The Bertz CT molecular complexity index is 1340. The maximum absolute atomic E-state index is 14.5. The molecule has 0 saturated carbocycles. The smallest absolute Gasteiger partial charge is 0.251 e. The first kappa shape index (κ1) is 24.0. The van der Waals surface area contributed by atoms with E-state index in [0.29, 0.717) is 70.3 Å².